The molecule has 7 heteroatoms. The summed E-state index contributed by atoms with van der Waals surface area (Å²) in [5, 5.41) is 11.1. The number of aromatic nitrogens is 2. The number of thioether (sulfide) groups is 2. The number of amides is 1. The summed E-state index contributed by atoms with van der Waals surface area (Å²) >= 11 is 4.67. The number of carbonyl (C=O) groups excluding carboxylic acids is 1. The van der Waals surface area contributed by atoms with Crippen LogP contribution in [0.2, 0.25) is 0 Å². The number of nitrogens with one attached hydrogen (secondary N) is 1. The maximum atomic E-state index is 12.5. The minimum Gasteiger partial charge on any atom is -0.325 e. The van der Waals surface area contributed by atoms with Crippen LogP contribution in [0, 0.1) is 0 Å². The van der Waals surface area contributed by atoms with Gasteiger partial charge in [-0.3, -0.25) is 4.79 Å². The molecule has 1 heterocycles. The predicted molar refractivity (Wildman–Crippen MR) is 105 cm³/mol. The van der Waals surface area contributed by atoms with E-state index in [1.54, 1.807) is 23.1 Å². The van der Waals surface area contributed by atoms with Crippen LogP contribution in [-0.2, 0) is 4.79 Å². The zero-order valence-corrected chi connectivity index (χ0v) is 16.9. The fourth-order valence-corrected chi connectivity index (χ4v) is 5.19. The van der Waals surface area contributed by atoms with Crippen LogP contribution in [-0.4, -0.2) is 27.1 Å². The van der Waals surface area contributed by atoms with Crippen LogP contribution in [0.5, 0.6) is 0 Å². The van der Waals surface area contributed by atoms with E-state index >= 15 is 0 Å². The average Bonchev–Trinajstić information content (AvgIpc) is 3.02. The van der Waals surface area contributed by atoms with E-state index in [9.17, 15) is 4.79 Å². The number of nitrogens with zero attached hydrogens (tertiary/aromatic N) is 2. The van der Waals surface area contributed by atoms with Gasteiger partial charge in [-0.05, 0) is 36.6 Å². The second-order valence-corrected chi connectivity index (χ2v) is 9.49. The molecule has 24 heavy (non-hydrogen) atoms. The van der Waals surface area contributed by atoms with Crippen LogP contribution in [0.15, 0.2) is 32.9 Å². The third-order valence-electron chi connectivity index (χ3n) is 3.66. The molecule has 0 saturated carbocycles. The normalized spacial score (nSPS) is 13.5. The van der Waals surface area contributed by atoms with E-state index < -0.39 is 0 Å². The molecule has 2 atom stereocenters. The van der Waals surface area contributed by atoms with E-state index in [1.807, 2.05) is 25.1 Å². The molecule has 0 fully saturated rings. The first-order chi connectivity index (χ1) is 11.5. The highest BCUT2D eigenvalue weighted by molar-refractivity contribution is 8.03. The highest BCUT2D eigenvalue weighted by Crippen LogP contribution is 2.32. The fourth-order valence-electron chi connectivity index (χ4n) is 2.13. The van der Waals surface area contributed by atoms with Crippen LogP contribution in [0.1, 0.15) is 45.6 Å². The summed E-state index contributed by atoms with van der Waals surface area (Å²) in [5.41, 5.74) is 2.09. The molecule has 0 aliphatic rings. The van der Waals surface area contributed by atoms with Gasteiger partial charge < -0.3 is 5.32 Å². The van der Waals surface area contributed by atoms with Crippen molar-refractivity contribution in [3.63, 3.8) is 0 Å². The number of para-hydroxylation sites is 1. The number of carbonyl (C=O) groups is 1. The van der Waals surface area contributed by atoms with E-state index in [1.165, 1.54) is 17.3 Å². The van der Waals surface area contributed by atoms with Gasteiger partial charge in [0.2, 0.25) is 5.91 Å². The quantitative estimate of drug-likeness (QED) is 0.630. The zero-order valence-electron chi connectivity index (χ0n) is 14.4. The Labute approximate surface area is 156 Å². The first-order valence-electron chi connectivity index (χ1n) is 8.07. The lowest BCUT2D eigenvalue weighted by atomic mass is 9.97. The van der Waals surface area contributed by atoms with E-state index in [0.717, 1.165) is 26.5 Å². The first kappa shape index (κ1) is 19.3. The second-order valence-electron chi connectivity index (χ2n) is 5.41. The van der Waals surface area contributed by atoms with Gasteiger partial charge in [-0.2, -0.15) is 0 Å². The molecule has 2 aromatic rings. The molecule has 0 aliphatic heterocycles. The van der Waals surface area contributed by atoms with Crippen LogP contribution >= 0.6 is 34.9 Å². The van der Waals surface area contributed by atoms with Crippen molar-refractivity contribution in [2.45, 2.75) is 54.0 Å². The molecule has 0 bridgehead atoms. The number of hydrogen-bond acceptors (Lipinski definition) is 6. The Balaban J connectivity index is 2.01. The Hall–Kier alpha value is -1.05. The highest BCUT2D eigenvalue weighted by atomic mass is 32.2. The molecule has 0 saturated heterocycles. The maximum absolute atomic E-state index is 12.5. The Bertz CT molecular complexity index is 675. The molecule has 1 N–H and O–H groups in total. The van der Waals surface area contributed by atoms with E-state index in [-0.39, 0.29) is 11.2 Å². The summed E-state index contributed by atoms with van der Waals surface area (Å²) in [4.78, 5) is 12.5. The van der Waals surface area contributed by atoms with Gasteiger partial charge in [0.05, 0.1) is 5.25 Å². The number of anilines is 1. The molecule has 0 aliphatic carbocycles. The van der Waals surface area contributed by atoms with Crippen molar-refractivity contribution in [1.82, 2.24) is 10.2 Å². The molecule has 1 aromatic heterocycles. The Kier molecular flexibility index (Phi) is 7.58. The predicted octanol–water partition coefficient (Wildman–Crippen LogP) is 5.28. The molecule has 0 spiro atoms. The van der Waals surface area contributed by atoms with Gasteiger partial charge in [0.15, 0.2) is 8.68 Å². The number of benzene rings is 1. The Morgan fingerprint density at radius 3 is 2.62 bits per heavy atom. The van der Waals surface area contributed by atoms with Crippen molar-refractivity contribution in [3.8, 4) is 0 Å². The van der Waals surface area contributed by atoms with E-state index in [4.69, 9.17) is 0 Å². The Morgan fingerprint density at radius 1 is 1.21 bits per heavy atom. The molecule has 0 radical (unpaired) electrons. The third kappa shape index (κ3) is 5.22. The molecule has 130 valence electrons. The van der Waals surface area contributed by atoms with Gasteiger partial charge in [-0.25, -0.2) is 0 Å². The van der Waals surface area contributed by atoms with Gasteiger partial charge in [-0.1, -0.05) is 73.8 Å². The van der Waals surface area contributed by atoms with Gasteiger partial charge >= 0.3 is 0 Å². The zero-order chi connectivity index (χ0) is 17.5. The molecular weight excluding hydrogens is 358 g/mol. The molecule has 1 amide bonds. The number of rotatable bonds is 8. The van der Waals surface area contributed by atoms with Crippen LogP contribution < -0.4 is 5.32 Å². The molecule has 4 nitrogen and oxygen atoms in total. The van der Waals surface area contributed by atoms with Gasteiger partial charge in [0, 0.05) is 5.69 Å². The summed E-state index contributed by atoms with van der Waals surface area (Å²) in [6.07, 6.45) is 1.04. The van der Waals surface area contributed by atoms with E-state index in [0.29, 0.717) is 5.92 Å². The highest BCUT2D eigenvalue weighted by Gasteiger charge is 2.19. The van der Waals surface area contributed by atoms with Gasteiger partial charge in [0.1, 0.15) is 0 Å². The minimum absolute atomic E-state index is 0.00403. The summed E-state index contributed by atoms with van der Waals surface area (Å²) in [6, 6.07) is 8.03. The van der Waals surface area contributed by atoms with Crippen molar-refractivity contribution >= 4 is 46.5 Å². The lowest BCUT2D eigenvalue weighted by Crippen LogP contribution is -2.23. The van der Waals surface area contributed by atoms with E-state index in [2.05, 4.69) is 42.4 Å². The smallest absolute Gasteiger partial charge is 0.237 e. The maximum Gasteiger partial charge on any atom is 0.237 e. The van der Waals surface area contributed by atoms with Crippen LogP contribution in [0.4, 0.5) is 5.69 Å². The van der Waals surface area contributed by atoms with Crippen molar-refractivity contribution in [2.75, 3.05) is 11.1 Å². The third-order valence-corrected chi connectivity index (χ3v) is 6.79. The first-order valence-corrected chi connectivity index (χ1v) is 10.8. The largest absolute Gasteiger partial charge is 0.325 e. The Morgan fingerprint density at radius 2 is 1.92 bits per heavy atom. The van der Waals surface area contributed by atoms with Gasteiger partial charge in [0.25, 0.3) is 0 Å². The van der Waals surface area contributed by atoms with Crippen molar-refractivity contribution in [3.05, 3.63) is 29.8 Å². The molecule has 1 aromatic carbocycles. The minimum atomic E-state index is -0.220. The van der Waals surface area contributed by atoms with Crippen molar-refractivity contribution in [2.24, 2.45) is 0 Å². The standard InChI is InChI=1S/C17H23N3OS3/c1-5-11(3)13-9-7-8-10-14(13)18-15(21)12(4)23-17-20-19-16(24-17)22-6-2/h7-12H,5-6H2,1-4H3,(H,18,21)/t11-,12-/m1/s1. The molecular formula is C17H23N3OS3. The van der Waals surface area contributed by atoms with Crippen LogP contribution in [0.3, 0.4) is 0 Å². The summed E-state index contributed by atoms with van der Waals surface area (Å²) < 4.78 is 1.79. The second kappa shape index (κ2) is 9.44. The van der Waals surface area contributed by atoms with Crippen LogP contribution in [0.25, 0.3) is 0 Å². The summed E-state index contributed by atoms with van der Waals surface area (Å²) in [5.74, 6) is 1.39. The monoisotopic (exact) mass is 381 g/mol. The van der Waals surface area contributed by atoms with Crippen molar-refractivity contribution < 1.29 is 4.79 Å². The van der Waals surface area contributed by atoms with Gasteiger partial charge in [-0.15, -0.1) is 10.2 Å². The summed E-state index contributed by atoms with van der Waals surface area (Å²) in [6.45, 7) is 8.32. The SMILES string of the molecule is CCSc1nnc(S[C@H](C)C(=O)Nc2ccccc2[C@H](C)CC)s1. The molecule has 0 unspecified atom stereocenters. The number of hydrogen-bond donors (Lipinski definition) is 1. The molecule has 2 rings (SSSR count). The fraction of sp³-hybridized carbons (Fsp3) is 0.471. The summed E-state index contributed by atoms with van der Waals surface area (Å²) in [7, 11) is 0. The lowest BCUT2D eigenvalue weighted by molar-refractivity contribution is -0.115. The van der Waals surface area contributed by atoms with Crippen molar-refractivity contribution in [1.29, 1.82) is 0 Å². The lowest BCUT2D eigenvalue weighted by Gasteiger charge is -2.17. The topological polar surface area (TPSA) is 54.9 Å². The average molecular weight is 382 g/mol.